The van der Waals surface area contributed by atoms with Crippen LogP contribution < -0.4 is 15.8 Å². The maximum absolute atomic E-state index is 6.07. The number of nitrogens with zero attached hydrogens (tertiary/aromatic N) is 5. The Hall–Kier alpha value is -3.98. The van der Waals surface area contributed by atoms with Gasteiger partial charge in [-0.3, -0.25) is 4.57 Å². The summed E-state index contributed by atoms with van der Waals surface area (Å²) in [5.41, 5.74) is 10.3. The molecule has 1 saturated carbocycles. The Morgan fingerprint density at radius 2 is 1.88 bits per heavy atom. The predicted molar refractivity (Wildman–Crippen MR) is 131 cm³/mol. The number of nitrogens with one attached hydrogen (secondary N) is 2. The van der Waals surface area contributed by atoms with E-state index in [1.807, 2.05) is 53.1 Å². The summed E-state index contributed by atoms with van der Waals surface area (Å²) in [5.74, 6) is 2.01. The van der Waals surface area contributed by atoms with Gasteiger partial charge < -0.3 is 20.8 Å². The summed E-state index contributed by atoms with van der Waals surface area (Å²) in [6.07, 6.45) is 7.45. The second-order valence-electron chi connectivity index (χ2n) is 8.77. The van der Waals surface area contributed by atoms with E-state index in [0.717, 1.165) is 48.0 Å². The highest BCUT2D eigenvalue weighted by molar-refractivity contribution is 5.85. The van der Waals surface area contributed by atoms with E-state index in [9.17, 15) is 0 Å². The van der Waals surface area contributed by atoms with E-state index in [1.54, 1.807) is 12.7 Å². The molecule has 34 heavy (non-hydrogen) atoms. The number of anilines is 1. The predicted octanol–water partition coefficient (Wildman–Crippen LogP) is 3.95. The number of aromatic nitrogens is 6. The molecule has 0 amide bonds. The van der Waals surface area contributed by atoms with Crippen LogP contribution in [0.15, 0.2) is 61.2 Å². The molecule has 5 aromatic rings. The van der Waals surface area contributed by atoms with Gasteiger partial charge in [-0.2, -0.15) is 9.97 Å². The van der Waals surface area contributed by atoms with Gasteiger partial charge in [0.2, 0.25) is 5.95 Å². The molecule has 6 rings (SSSR count). The van der Waals surface area contributed by atoms with Crippen molar-refractivity contribution in [2.75, 3.05) is 5.32 Å². The van der Waals surface area contributed by atoms with E-state index in [2.05, 4.69) is 25.3 Å². The normalized spacial score (nSPS) is 18.4. The second-order valence-corrected chi connectivity index (χ2v) is 8.77. The number of H-pyrrole nitrogens is 1. The Labute approximate surface area is 196 Å². The number of nitrogens with two attached hydrogens (primary N) is 1. The van der Waals surface area contributed by atoms with Crippen molar-refractivity contribution in [2.45, 2.75) is 44.4 Å². The largest absolute Gasteiger partial charge is 0.489 e. The van der Waals surface area contributed by atoms with Crippen molar-refractivity contribution in [1.29, 1.82) is 0 Å². The number of ether oxygens (including phenoxy) is 1. The minimum absolute atomic E-state index is 0.292. The molecule has 3 aromatic heterocycles. The number of fused-ring (bicyclic) bond motifs is 2. The van der Waals surface area contributed by atoms with Crippen LogP contribution in [-0.2, 0) is 6.61 Å². The van der Waals surface area contributed by atoms with Crippen molar-refractivity contribution in [2.24, 2.45) is 5.73 Å². The van der Waals surface area contributed by atoms with Crippen LogP contribution >= 0.6 is 0 Å². The van der Waals surface area contributed by atoms with E-state index in [-0.39, 0.29) is 0 Å². The molecule has 2 aromatic carbocycles. The van der Waals surface area contributed by atoms with Crippen LogP contribution in [0.2, 0.25) is 0 Å². The maximum atomic E-state index is 6.07. The lowest BCUT2D eigenvalue weighted by Crippen LogP contribution is -2.33. The van der Waals surface area contributed by atoms with Crippen LogP contribution in [0.3, 0.4) is 0 Å². The number of imidazole rings is 2. The molecule has 0 aliphatic heterocycles. The first-order valence-electron chi connectivity index (χ1n) is 11.6. The van der Waals surface area contributed by atoms with Gasteiger partial charge in [-0.25, -0.2) is 9.97 Å². The summed E-state index contributed by atoms with van der Waals surface area (Å²) in [7, 11) is 0. The molecule has 1 aliphatic carbocycles. The highest BCUT2D eigenvalue weighted by Crippen LogP contribution is 2.27. The molecular weight excluding hydrogens is 428 g/mol. The Morgan fingerprint density at radius 1 is 1.03 bits per heavy atom. The third kappa shape index (κ3) is 4.06. The molecule has 0 bridgehead atoms. The number of benzene rings is 2. The smallest absolute Gasteiger partial charge is 0.227 e. The van der Waals surface area contributed by atoms with E-state index in [0.29, 0.717) is 41.6 Å². The standard InChI is InChI=1S/C25H26N8O/c26-17-6-8-18(9-7-17)30-25-31-23-22(27-14-28-23)24(32-25)33-15-29-20-11-10-19(12-21(20)33)34-13-16-4-2-1-3-5-16/h1-5,10-12,14-15,17-18H,6-9,13,26H2,(H2,27,28,30,31,32). The molecule has 1 aliphatic rings. The molecule has 9 heteroatoms. The second kappa shape index (κ2) is 8.75. The van der Waals surface area contributed by atoms with Gasteiger partial charge in [0.15, 0.2) is 17.0 Å². The van der Waals surface area contributed by atoms with Gasteiger partial charge in [0.1, 0.15) is 18.7 Å². The number of aromatic amines is 1. The van der Waals surface area contributed by atoms with Crippen LogP contribution in [0.25, 0.3) is 28.0 Å². The summed E-state index contributed by atoms with van der Waals surface area (Å²) in [6, 6.07) is 16.6. The molecule has 0 saturated heterocycles. The minimum atomic E-state index is 0.292. The fraction of sp³-hybridized carbons (Fsp3) is 0.280. The van der Waals surface area contributed by atoms with Gasteiger partial charge in [-0.15, -0.1) is 0 Å². The molecule has 1 fully saturated rings. The van der Waals surface area contributed by atoms with Gasteiger partial charge >= 0.3 is 0 Å². The van der Waals surface area contributed by atoms with Crippen molar-refractivity contribution in [3.63, 3.8) is 0 Å². The summed E-state index contributed by atoms with van der Waals surface area (Å²) >= 11 is 0. The molecule has 0 atom stereocenters. The molecule has 9 nitrogen and oxygen atoms in total. The van der Waals surface area contributed by atoms with Gasteiger partial charge in [0.05, 0.1) is 17.4 Å². The first kappa shape index (κ1) is 20.6. The topological polar surface area (TPSA) is 120 Å². The first-order chi connectivity index (χ1) is 16.7. The highest BCUT2D eigenvalue weighted by atomic mass is 16.5. The molecule has 0 spiro atoms. The summed E-state index contributed by atoms with van der Waals surface area (Å²) < 4.78 is 7.99. The SMILES string of the molecule is NC1CCC(Nc2nc(-n3cnc4ccc(OCc5ccccc5)cc43)c3nc[nH]c3n2)CC1. The third-order valence-electron chi connectivity index (χ3n) is 6.36. The summed E-state index contributed by atoms with van der Waals surface area (Å²) in [4.78, 5) is 21.7. The highest BCUT2D eigenvalue weighted by Gasteiger charge is 2.21. The Kier molecular flexibility index (Phi) is 5.31. The zero-order valence-corrected chi connectivity index (χ0v) is 18.7. The Morgan fingerprint density at radius 3 is 2.74 bits per heavy atom. The van der Waals surface area contributed by atoms with Crippen LogP contribution in [0.4, 0.5) is 5.95 Å². The van der Waals surface area contributed by atoms with Gasteiger partial charge in [-0.05, 0) is 43.4 Å². The molecule has 4 N–H and O–H groups in total. The van der Waals surface area contributed by atoms with Crippen LogP contribution in [0.5, 0.6) is 5.75 Å². The zero-order chi connectivity index (χ0) is 22.9. The Balaban J connectivity index is 1.33. The third-order valence-corrected chi connectivity index (χ3v) is 6.36. The van der Waals surface area contributed by atoms with Crippen molar-refractivity contribution in [3.8, 4) is 11.6 Å². The monoisotopic (exact) mass is 454 g/mol. The van der Waals surface area contributed by atoms with Crippen molar-refractivity contribution in [1.82, 2.24) is 29.5 Å². The molecule has 172 valence electrons. The van der Waals surface area contributed by atoms with Crippen LogP contribution in [0.1, 0.15) is 31.2 Å². The van der Waals surface area contributed by atoms with Gasteiger partial charge in [0, 0.05) is 18.2 Å². The van der Waals surface area contributed by atoms with E-state index >= 15 is 0 Å². The van der Waals surface area contributed by atoms with Gasteiger partial charge in [0.25, 0.3) is 0 Å². The minimum Gasteiger partial charge on any atom is -0.489 e. The van der Waals surface area contributed by atoms with Crippen molar-refractivity contribution in [3.05, 3.63) is 66.7 Å². The fourth-order valence-corrected chi connectivity index (χ4v) is 4.49. The lowest BCUT2D eigenvalue weighted by molar-refractivity contribution is 0.306. The fourth-order valence-electron chi connectivity index (χ4n) is 4.49. The summed E-state index contributed by atoms with van der Waals surface area (Å²) in [6.45, 7) is 0.497. The number of hydrogen-bond donors (Lipinski definition) is 3. The number of hydrogen-bond acceptors (Lipinski definition) is 7. The van der Waals surface area contributed by atoms with E-state index in [1.165, 1.54) is 0 Å². The van der Waals surface area contributed by atoms with Gasteiger partial charge in [-0.1, -0.05) is 30.3 Å². The first-order valence-corrected chi connectivity index (χ1v) is 11.6. The molecule has 3 heterocycles. The maximum Gasteiger partial charge on any atom is 0.227 e. The molecule has 0 radical (unpaired) electrons. The van der Waals surface area contributed by atoms with E-state index < -0.39 is 0 Å². The number of rotatable bonds is 6. The average Bonchev–Trinajstić information content (AvgIpc) is 3.51. The average molecular weight is 455 g/mol. The van der Waals surface area contributed by atoms with Crippen LogP contribution in [-0.4, -0.2) is 41.6 Å². The Bertz CT molecular complexity index is 1420. The van der Waals surface area contributed by atoms with Crippen LogP contribution in [0, 0.1) is 0 Å². The van der Waals surface area contributed by atoms with E-state index in [4.69, 9.17) is 15.5 Å². The quantitative estimate of drug-likeness (QED) is 0.355. The lowest BCUT2D eigenvalue weighted by atomic mass is 9.92. The zero-order valence-electron chi connectivity index (χ0n) is 18.7. The molecule has 0 unspecified atom stereocenters. The van der Waals surface area contributed by atoms with Crippen molar-refractivity contribution < 1.29 is 4.74 Å². The summed E-state index contributed by atoms with van der Waals surface area (Å²) in [5, 5.41) is 3.50. The van der Waals surface area contributed by atoms with Crippen molar-refractivity contribution >= 4 is 28.1 Å². The molecular formula is C25H26N8O. The lowest BCUT2D eigenvalue weighted by Gasteiger charge is -2.26.